The molecule has 2 rings (SSSR count). The van der Waals surface area contributed by atoms with Crippen molar-refractivity contribution < 1.29 is 4.74 Å². The zero-order valence-electron chi connectivity index (χ0n) is 13.2. The van der Waals surface area contributed by atoms with Gasteiger partial charge in [0.25, 0.3) is 0 Å². The van der Waals surface area contributed by atoms with Crippen LogP contribution in [0.5, 0.6) is 0 Å². The van der Waals surface area contributed by atoms with Gasteiger partial charge in [0, 0.05) is 44.9 Å². The van der Waals surface area contributed by atoms with E-state index < -0.39 is 0 Å². The molecule has 3 heteroatoms. The molecule has 112 valence electrons. The molecule has 3 nitrogen and oxygen atoms in total. The molecular weight excluding hydrogens is 236 g/mol. The van der Waals surface area contributed by atoms with Crippen molar-refractivity contribution in [1.82, 2.24) is 9.80 Å². The Kier molecular flexibility index (Phi) is 5.67. The maximum atomic E-state index is 5.57. The van der Waals surface area contributed by atoms with Crippen molar-refractivity contribution in [2.45, 2.75) is 52.0 Å². The van der Waals surface area contributed by atoms with Crippen molar-refractivity contribution in [3.05, 3.63) is 0 Å². The monoisotopic (exact) mass is 268 g/mol. The van der Waals surface area contributed by atoms with E-state index >= 15 is 0 Å². The molecule has 0 bridgehead atoms. The van der Waals surface area contributed by atoms with Gasteiger partial charge in [0.05, 0.1) is 0 Å². The van der Waals surface area contributed by atoms with Crippen LogP contribution in [-0.2, 0) is 4.74 Å². The summed E-state index contributed by atoms with van der Waals surface area (Å²) in [5, 5.41) is 0. The fraction of sp³-hybridized carbons (Fsp3) is 1.00. The molecule has 0 aromatic heterocycles. The summed E-state index contributed by atoms with van der Waals surface area (Å²) in [7, 11) is 0. The number of ether oxygens (including phenoxy) is 1. The second-order valence-corrected chi connectivity index (χ2v) is 6.70. The maximum absolute atomic E-state index is 5.57. The van der Waals surface area contributed by atoms with Crippen LogP contribution < -0.4 is 0 Å². The molecule has 19 heavy (non-hydrogen) atoms. The van der Waals surface area contributed by atoms with Gasteiger partial charge in [-0.15, -0.1) is 0 Å². The molecule has 0 saturated carbocycles. The topological polar surface area (TPSA) is 15.7 Å². The highest BCUT2D eigenvalue weighted by Gasteiger charge is 2.37. The van der Waals surface area contributed by atoms with Gasteiger partial charge in [0.1, 0.15) is 0 Å². The lowest BCUT2D eigenvalue weighted by atomic mass is 9.85. The van der Waals surface area contributed by atoms with Gasteiger partial charge in [-0.3, -0.25) is 4.90 Å². The van der Waals surface area contributed by atoms with Crippen LogP contribution >= 0.6 is 0 Å². The Bertz CT molecular complexity index is 253. The summed E-state index contributed by atoms with van der Waals surface area (Å²) in [5.41, 5.74) is 0.447. The van der Waals surface area contributed by atoms with E-state index in [0.29, 0.717) is 5.54 Å². The summed E-state index contributed by atoms with van der Waals surface area (Å²) < 4.78 is 5.57. The van der Waals surface area contributed by atoms with E-state index in [0.717, 1.165) is 19.1 Å². The Hall–Kier alpha value is -0.120. The number of piperazine rings is 1. The summed E-state index contributed by atoms with van der Waals surface area (Å²) >= 11 is 0. The third-order valence-electron chi connectivity index (χ3n) is 5.15. The predicted molar refractivity (Wildman–Crippen MR) is 80.5 cm³/mol. The van der Waals surface area contributed by atoms with Crippen molar-refractivity contribution in [3.8, 4) is 0 Å². The third-order valence-corrected chi connectivity index (χ3v) is 5.15. The Morgan fingerprint density at radius 3 is 2.21 bits per heavy atom. The second kappa shape index (κ2) is 7.05. The lowest BCUT2D eigenvalue weighted by molar-refractivity contribution is -0.0494. The van der Waals surface area contributed by atoms with Crippen molar-refractivity contribution >= 4 is 0 Å². The van der Waals surface area contributed by atoms with E-state index in [-0.39, 0.29) is 0 Å². The SMILES string of the molecule is CCC1(N2CCN(CCC(C)C)CC2)CCOCC1. The van der Waals surface area contributed by atoms with Crippen LogP contribution in [0.1, 0.15) is 46.5 Å². The van der Waals surface area contributed by atoms with Crippen LogP contribution in [0.4, 0.5) is 0 Å². The molecule has 0 radical (unpaired) electrons. The lowest BCUT2D eigenvalue weighted by Gasteiger charge is -2.49. The molecule has 0 unspecified atom stereocenters. The molecule has 2 fully saturated rings. The summed E-state index contributed by atoms with van der Waals surface area (Å²) in [6.07, 6.45) is 5.08. The molecule has 2 aliphatic rings. The van der Waals surface area contributed by atoms with E-state index in [2.05, 4.69) is 30.6 Å². The van der Waals surface area contributed by atoms with Gasteiger partial charge in [-0.05, 0) is 38.1 Å². The van der Waals surface area contributed by atoms with Crippen molar-refractivity contribution in [2.75, 3.05) is 45.9 Å². The molecule has 0 atom stereocenters. The van der Waals surface area contributed by atoms with Crippen LogP contribution in [0.3, 0.4) is 0 Å². The first-order chi connectivity index (χ1) is 9.16. The summed E-state index contributed by atoms with van der Waals surface area (Å²) in [4.78, 5) is 5.42. The maximum Gasteiger partial charge on any atom is 0.0483 e. The normalized spacial score (nSPS) is 25.9. The van der Waals surface area contributed by atoms with Crippen molar-refractivity contribution in [1.29, 1.82) is 0 Å². The minimum Gasteiger partial charge on any atom is -0.381 e. The molecule has 0 aliphatic carbocycles. The van der Waals surface area contributed by atoms with Crippen LogP contribution in [0.15, 0.2) is 0 Å². The molecule has 2 saturated heterocycles. The van der Waals surface area contributed by atoms with Gasteiger partial charge >= 0.3 is 0 Å². The average molecular weight is 268 g/mol. The van der Waals surface area contributed by atoms with Gasteiger partial charge in [0.2, 0.25) is 0 Å². The first-order valence-corrected chi connectivity index (χ1v) is 8.21. The second-order valence-electron chi connectivity index (χ2n) is 6.70. The Morgan fingerprint density at radius 1 is 1.05 bits per heavy atom. The van der Waals surface area contributed by atoms with E-state index in [1.165, 1.54) is 58.4 Å². The minimum absolute atomic E-state index is 0.447. The van der Waals surface area contributed by atoms with E-state index in [1.807, 2.05) is 0 Å². The molecule has 2 heterocycles. The largest absolute Gasteiger partial charge is 0.381 e. The molecule has 0 N–H and O–H groups in total. The molecule has 0 aromatic carbocycles. The molecule has 0 spiro atoms. The highest BCUT2D eigenvalue weighted by atomic mass is 16.5. The molecular formula is C16H32N2O. The third kappa shape index (κ3) is 3.93. The Morgan fingerprint density at radius 2 is 1.68 bits per heavy atom. The van der Waals surface area contributed by atoms with Crippen LogP contribution in [0.2, 0.25) is 0 Å². The zero-order chi connectivity index (χ0) is 13.7. The number of hydrogen-bond acceptors (Lipinski definition) is 3. The lowest BCUT2D eigenvalue weighted by Crippen LogP contribution is -2.58. The quantitative estimate of drug-likeness (QED) is 0.762. The van der Waals surface area contributed by atoms with Gasteiger partial charge in [0.15, 0.2) is 0 Å². The molecule has 2 aliphatic heterocycles. The van der Waals surface area contributed by atoms with E-state index in [1.54, 1.807) is 0 Å². The highest BCUT2D eigenvalue weighted by molar-refractivity contribution is 4.93. The standard InChI is InChI=1S/C16H32N2O/c1-4-16(6-13-19-14-7-16)18-11-9-17(10-12-18)8-5-15(2)3/h15H,4-14H2,1-3H3. The van der Waals surface area contributed by atoms with Crippen LogP contribution in [-0.4, -0.2) is 61.3 Å². The zero-order valence-corrected chi connectivity index (χ0v) is 13.2. The number of rotatable bonds is 5. The fourth-order valence-corrected chi connectivity index (χ4v) is 3.53. The van der Waals surface area contributed by atoms with Gasteiger partial charge < -0.3 is 9.64 Å². The van der Waals surface area contributed by atoms with Gasteiger partial charge in [-0.25, -0.2) is 0 Å². The fourth-order valence-electron chi connectivity index (χ4n) is 3.53. The minimum atomic E-state index is 0.447. The van der Waals surface area contributed by atoms with Crippen molar-refractivity contribution in [2.24, 2.45) is 5.92 Å². The summed E-state index contributed by atoms with van der Waals surface area (Å²) in [6.45, 7) is 15.2. The first kappa shape index (κ1) is 15.3. The smallest absolute Gasteiger partial charge is 0.0483 e. The van der Waals surface area contributed by atoms with Crippen LogP contribution in [0, 0.1) is 5.92 Å². The highest BCUT2D eigenvalue weighted by Crippen LogP contribution is 2.32. The average Bonchev–Trinajstić information content (AvgIpc) is 2.46. The number of nitrogens with zero attached hydrogens (tertiary/aromatic N) is 2. The first-order valence-electron chi connectivity index (χ1n) is 8.21. The van der Waals surface area contributed by atoms with E-state index in [4.69, 9.17) is 4.74 Å². The Labute approximate surface area is 119 Å². The molecule has 0 amide bonds. The van der Waals surface area contributed by atoms with Crippen molar-refractivity contribution in [3.63, 3.8) is 0 Å². The summed E-state index contributed by atoms with van der Waals surface area (Å²) in [6, 6.07) is 0. The van der Waals surface area contributed by atoms with Gasteiger partial charge in [-0.2, -0.15) is 0 Å². The summed E-state index contributed by atoms with van der Waals surface area (Å²) in [5.74, 6) is 0.829. The Balaban J connectivity index is 1.81. The number of hydrogen-bond donors (Lipinski definition) is 0. The van der Waals surface area contributed by atoms with Crippen LogP contribution in [0.25, 0.3) is 0 Å². The molecule has 0 aromatic rings. The predicted octanol–water partition coefficient (Wildman–Crippen LogP) is 2.61. The van der Waals surface area contributed by atoms with Gasteiger partial charge in [-0.1, -0.05) is 20.8 Å². The van der Waals surface area contributed by atoms with E-state index in [9.17, 15) is 0 Å².